The highest BCUT2D eigenvalue weighted by molar-refractivity contribution is 5.43. The SMILES string of the molecule is CC[C@H](c1ccc(OC)cc1OC)[C@@H]1CCOC(C)(C)C1. The molecule has 0 N–H and O–H groups in total. The van der Waals surface area contributed by atoms with Gasteiger partial charge >= 0.3 is 0 Å². The van der Waals surface area contributed by atoms with Crippen LogP contribution in [0.15, 0.2) is 18.2 Å². The highest BCUT2D eigenvalue weighted by Gasteiger charge is 2.34. The van der Waals surface area contributed by atoms with Gasteiger partial charge in [-0.15, -0.1) is 0 Å². The van der Waals surface area contributed by atoms with E-state index in [1.165, 1.54) is 5.56 Å². The summed E-state index contributed by atoms with van der Waals surface area (Å²) in [6.45, 7) is 7.50. The molecular weight excluding hydrogens is 264 g/mol. The lowest BCUT2D eigenvalue weighted by Gasteiger charge is -2.39. The summed E-state index contributed by atoms with van der Waals surface area (Å²) < 4.78 is 16.8. The van der Waals surface area contributed by atoms with E-state index in [0.29, 0.717) is 11.8 Å². The van der Waals surface area contributed by atoms with Gasteiger partial charge in [0.1, 0.15) is 11.5 Å². The maximum atomic E-state index is 5.87. The first-order chi connectivity index (χ1) is 10.0. The molecule has 3 nitrogen and oxygen atoms in total. The van der Waals surface area contributed by atoms with Crippen LogP contribution in [0.4, 0.5) is 0 Å². The minimum Gasteiger partial charge on any atom is -0.497 e. The molecule has 118 valence electrons. The Bertz CT molecular complexity index is 468. The van der Waals surface area contributed by atoms with Crippen molar-refractivity contribution in [2.45, 2.75) is 51.6 Å². The monoisotopic (exact) mass is 292 g/mol. The van der Waals surface area contributed by atoms with Crippen LogP contribution < -0.4 is 9.47 Å². The smallest absolute Gasteiger partial charge is 0.126 e. The van der Waals surface area contributed by atoms with Gasteiger partial charge in [-0.05, 0) is 56.6 Å². The maximum absolute atomic E-state index is 5.87. The van der Waals surface area contributed by atoms with Crippen molar-refractivity contribution >= 4 is 0 Å². The average Bonchev–Trinajstić information content (AvgIpc) is 2.47. The lowest BCUT2D eigenvalue weighted by atomic mass is 9.75. The van der Waals surface area contributed by atoms with Gasteiger partial charge in [0, 0.05) is 12.7 Å². The fraction of sp³-hybridized carbons (Fsp3) is 0.667. The lowest BCUT2D eigenvalue weighted by molar-refractivity contribution is -0.0770. The van der Waals surface area contributed by atoms with Gasteiger partial charge in [0.05, 0.1) is 19.8 Å². The molecular formula is C18H28O3. The molecule has 0 saturated carbocycles. The molecule has 0 radical (unpaired) electrons. The zero-order chi connectivity index (χ0) is 15.5. The summed E-state index contributed by atoms with van der Waals surface area (Å²) in [7, 11) is 3.42. The van der Waals surface area contributed by atoms with Gasteiger partial charge in [0.25, 0.3) is 0 Å². The first kappa shape index (κ1) is 16.2. The average molecular weight is 292 g/mol. The quantitative estimate of drug-likeness (QED) is 0.805. The summed E-state index contributed by atoms with van der Waals surface area (Å²) in [5.74, 6) is 2.93. The molecule has 2 atom stereocenters. The van der Waals surface area contributed by atoms with Gasteiger partial charge in [-0.3, -0.25) is 0 Å². The third kappa shape index (κ3) is 3.70. The van der Waals surface area contributed by atoms with Crippen molar-refractivity contribution in [1.29, 1.82) is 0 Å². The van der Waals surface area contributed by atoms with E-state index in [-0.39, 0.29) is 5.60 Å². The molecule has 0 aromatic heterocycles. The van der Waals surface area contributed by atoms with Crippen molar-refractivity contribution in [3.63, 3.8) is 0 Å². The Morgan fingerprint density at radius 2 is 2.05 bits per heavy atom. The number of ether oxygens (including phenoxy) is 3. The fourth-order valence-electron chi connectivity index (χ4n) is 3.55. The van der Waals surface area contributed by atoms with Crippen molar-refractivity contribution in [2.24, 2.45) is 5.92 Å². The second kappa shape index (κ2) is 6.69. The van der Waals surface area contributed by atoms with Crippen LogP contribution in [0, 0.1) is 5.92 Å². The molecule has 1 aromatic rings. The van der Waals surface area contributed by atoms with E-state index in [9.17, 15) is 0 Å². The Labute approximate surface area is 128 Å². The molecule has 0 amide bonds. The van der Waals surface area contributed by atoms with Crippen LogP contribution in [0.1, 0.15) is 51.5 Å². The molecule has 3 heteroatoms. The molecule has 21 heavy (non-hydrogen) atoms. The molecule has 1 saturated heterocycles. The van der Waals surface area contributed by atoms with E-state index in [1.807, 2.05) is 12.1 Å². The predicted octanol–water partition coefficient (Wildman–Crippen LogP) is 4.40. The molecule has 1 aliphatic heterocycles. The zero-order valence-electron chi connectivity index (χ0n) is 13.9. The van der Waals surface area contributed by atoms with E-state index in [1.54, 1.807) is 14.2 Å². The topological polar surface area (TPSA) is 27.7 Å². The summed E-state index contributed by atoms with van der Waals surface area (Å²) in [6, 6.07) is 6.18. The van der Waals surface area contributed by atoms with Crippen LogP contribution in [0.5, 0.6) is 11.5 Å². The molecule has 2 rings (SSSR count). The van der Waals surface area contributed by atoms with Crippen molar-refractivity contribution in [3.05, 3.63) is 23.8 Å². The van der Waals surface area contributed by atoms with Crippen LogP contribution in [-0.4, -0.2) is 26.4 Å². The second-order valence-corrected chi connectivity index (χ2v) is 6.48. The third-order valence-electron chi connectivity index (χ3n) is 4.58. The number of methoxy groups -OCH3 is 2. The van der Waals surface area contributed by atoms with Crippen molar-refractivity contribution in [1.82, 2.24) is 0 Å². The van der Waals surface area contributed by atoms with E-state index in [0.717, 1.165) is 37.4 Å². The highest BCUT2D eigenvalue weighted by atomic mass is 16.5. The predicted molar refractivity (Wildman–Crippen MR) is 85.3 cm³/mol. The van der Waals surface area contributed by atoms with E-state index in [2.05, 4.69) is 26.8 Å². The molecule has 1 heterocycles. The van der Waals surface area contributed by atoms with Crippen LogP contribution in [0.2, 0.25) is 0 Å². The zero-order valence-corrected chi connectivity index (χ0v) is 13.9. The van der Waals surface area contributed by atoms with E-state index < -0.39 is 0 Å². The molecule has 0 bridgehead atoms. The Hall–Kier alpha value is -1.22. The Morgan fingerprint density at radius 3 is 2.62 bits per heavy atom. The van der Waals surface area contributed by atoms with E-state index >= 15 is 0 Å². The third-order valence-corrected chi connectivity index (χ3v) is 4.58. The Balaban J connectivity index is 2.28. The van der Waals surface area contributed by atoms with Crippen LogP contribution in [0.3, 0.4) is 0 Å². The molecule has 0 unspecified atom stereocenters. The summed E-state index contributed by atoms with van der Waals surface area (Å²) >= 11 is 0. The second-order valence-electron chi connectivity index (χ2n) is 6.48. The minimum absolute atomic E-state index is 0.0178. The molecule has 0 aliphatic carbocycles. The highest BCUT2D eigenvalue weighted by Crippen LogP contribution is 2.43. The lowest BCUT2D eigenvalue weighted by Crippen LogP contribution is -2.36. The Kier molecular flexibility index (Phi) is 5.15. The van der Waals surface area contributed by atoms with Gasteiger partial charge in [-0.1, -0.05) is 13.0 Å². The fourth-order valence-corrected chi connectivity index (χ4v) is 3.55. The number of hydrogen-bond donors (Lipinski definition) is 0. The van der Waals surface area contributed by atoms with Crippen molar-refractivity contribution in [2.75, 3.05) is 20.8 Å². The van der Waals surface area contributed by atoms with Gasteiger partial charge < -0.3 is 14.2 Å². The maximum Gasteiger partial charge on any atom is 0.126 e. The Morgan fingerprint density at radius 1 is 1.29 bits per heavy atom. The van der Waals surface area contributed by atoms with Gasteiger partial charge in [-0.2, -0.15) is 0 Å². The number of rotatable bonds is 5. The number of benzene rings is 1. The van der Waals surface area contributed by atoms with Gasteiger partial charge in [-0.25, -0.2) is 0 Å². The van der Waals surface area contributed by atoms with Crippen LogP contribution in [-0.2, 0) is 4.74 Å². The normalized spacial score (nSPS) is 22.6. The minimum atomic E-state index is -0.0178. The van der Waals surface area contributed by atoms with Gasteiger partial charge in [0.15, 0.2) is 0 Å². The molecule has 1 aromatic carbocycles. The summed E-state index contributed by atoms with van der Waals surface area (Å²) in [6.07, 6.45) is 3.33. The van der Waals surface area contributed by atoms with Gasteiger partial charge in [0.2, 0.25) is 0 Å². The number of hydrogen-bond acceptors (Lipinski definition) is 3. The largest absolute Gasteiger partial charge is 0.497 e. The first-order valence-corrected chi connectivity index (χ1v) is 7.86. The standard InChI is InChI=1S/C18H28O3/c1-6-15(13-9-10-21-18(2,3)12-13)16-8-7-14(19-4)11-17(16)20-5/h7-8,11,13,15H,6,9-10,12H2,1-5H3/t13-,15+/m1/s1. The molecule has 0 spiro atoms. The van der Waals surface area contributed by atoms with Crippen molar-refractivity contribution < 1.29 is 14.2 Å². The van der Waals surface area contributed by atoms with Crippen LogP contribution in [0.25, 0.3) is 0 Å². The molecule has 1 aliphatic rings. The first-order valence-electron chi connectivity index (χ1n) is 7.86. The van der Waals surface area contributed by atoms with E-state index in [4.69, 9.17) is 14.2 Å². The van der Waals surface area contributed by atoms with Crippen LogP contribution >= 0.6 is 0 Å². The van der Waals surface area contributed by atoms with Crippen molar-refractivity contribution in [3.8, 4) is 11.5 Å². The summed E-state index contributed by atoms with van der Waals surface area (Å²) in [5, 5.41) is 0. The summed E-state index contributed by atoms with van der Waals surface area (Å²) in [5.41, 5.74) is 1.28. The molecule has 1 fully saturated rings. The summed E-state index contributed by atoms with van der Waals surface area (Å²) in [4.78, 5) is 0.